The van der Waals surface area contributed by atoms with E-state index in [4.69, 9.17) is 5.73 Å². The Morgan fingerprint density at radius 1 is 0.867 bits per heavy atom. The van der Waals surface area contributed by atoms with Crippen molar-refractivity contribution >= 4 is 23.7 Å². The van der Waals surface area contributed by atoms with Gasteiger partial charge in [-0.05, 0) is 24.2 Å². The number of amides is 3. The fourth-order valence-corrected chi connectivity index (χ4v) is 2.68. The van der Waals surface area contributed by atoms with Crippen LogP contribution in [0.4, 0.5) is 0 Å². The van der Waals surface area contributed by atoms with Crippen molar-refractivity contribution in [2.75, 3.05) is 6.61 Å². The summed E-state index contributed by atoms with van der Waals surface area (Å²) in [5, 5.41) is 26.2. The molecule has 0 aliphatic carbocycles. The molecule has 3 amide bonds. The van der Waals surface area contributed by atoms with E-state index in [9.17, 15) is 29.4 Å². The van der Waals surface area contributed by atoms with Gasteiger partial charge in [-0.25, -0.2) is 4.79 Å². The summed E-state index contributed by atoms with van der Waals surface area (Å²) in [6, 6.07) is -4.25. The van der Waals surface area contributed by atoms with E-state index in [0.29, 0.717) is 12.8 Å². The van der Waals surface area contributed by atoms with Crippen LogP contribution >= 0.6 is 0 Å². The van der Waals surface area contributed by atoms with Crippen LogP contribution in [0.3, 0.4) is 0 Å². The Kier molecular flexibility index (Phi) is 12.2. The summed E-state index contributed by atoms with van der Waals surface area (Å²) in [7, 11) is 0. The number of rotatable bonds is 13. The molecule has 0 saturated carbocycles. The highest BCUT2D eigenvalue weighted by Crippen LogP contribution is 2.09. The van der Waals surface area contributed by atoms with Crippen LogP contribution < -0.4 is 21.7 Å². The van der Waals surface area contributed by atoms with Gasteiger partial charge in [0, 0.05) is 0 Å². The van der Waals surface area contributed by atoms with Gasteiger partial charge in [-0.15, -0.1) is 0 Å². The van der Waals surface area contributed by atoms with Crippen molar-refractivity contribution in [2.45, 2.75) is 78.6 Å². The average molecular weight is 431 g/mol. The van der Waals surface area contributed by atoms with Gasteiger partial charge in [-0.2, -0.15) is 0 Å². The third-order valence-electron chi connectivity index (χ3n) is 4.95. The summed E-state index contributed by atoms with van der Waals surface area (Å²) in [6.45, 7) is 10.0. The molecule has 0 aliphatic rings. The summed E-state index contributed by atoms with van der Waals surface area (Å²) in [6.07, 6.45) is 0.818. The molecular formula is C20H38N4O6. The van der Waals surface area contributed by atoms with Crippen LogP contribution in [0.1, 0.15) is 54.4 Å². The highest BCUT2D eigenvalue weighted by molar-refractivity contribution is 5.94. The molecule has 5 unspecified atom stereocenters. The SMILES string of the molecule is CCC(C)C(NC(=O)C(CO)NC(=O)C(CC(C)C)NC(=O)C(N)C(C)C)C(=O)O. The summed E-state index contributed by atoms with van der Waals surface area (Å²) in [5.41, 5.74) is 5.84. The molecule has 0 spiro atoms. The molecule has 0 aromatic carbocycles. The molecule has 174 valence electrons. The minimum atomic E-state index is -1.35. The molecule has 0 heterocycles. The van der Waals surface area contributed by atoms with Crippen LogP contribution in [0, 0.1) is 17.8 Å². The van der Waals surface area contributed by atoms with E-state index in [2.05, 4.69) is 16.0 Å². The fourth-order valence-electron chi connectivity index (χ4n) is 2.68. The maximum absolute atomic E-state index is 12.7. The number of carboxylic acids is 1. The van der Waals surface area contributed by atoms with Crippen LogP contribution in [-0.2, 0) is 19.2 Å². The molecule has 0 saturated heterocycles. The number of carbonyl (C=O) groups excluding carboxylic acids is 3. The third kappa shape index (κ3) is 9.08. The lowest BCUT2D eigenvalue weighted by molar-refractivity contribution is -0.144. The first-order chi connectivity index (χ1) is 13.8. The second-order valence-electron chi connectivity index (χ2n) is 8.41. The van der Waals surface area contributed by atoms with Gasteiger partial charge in [-0.3, -0.25) is 14.4 Å². The lowest BCUT2D eigenvalue weighted by Gasteiger charge is -2.26. The maximum atomic E-state index is 12.7. The molecule has 0 fully saturated rings. The van der Waals surface area contributed by atoms with Crippen molar-refractivity contribution in [3.63, 3.8) is 0 Å². The molecule has 7 N–H and O–H groups in total. The van der Waals surface area contributed by atoms with E-state index < -0.39 is 54.5 Å². The van der Waals surface area contributed by atoms with Crippen LogP contribution in [0.2, 0.25) is 0 Å². The fraction of sp³-hybridized carbons (Fsp3) is 0.800. The van der Waals surface area contributed by atoms with E-state index in [1.807, 2.05) is 13.8 Å². The lowest BCUT2D eigenvalue weighted by Crippen LogP contribution is -2.59. The zero-order valence-electron chi connectivity index (χ0n) is 18.8. The highest BCUT2D eigenvalue weighted by Gasteiger charge is 2.32. The molecule has 30 heavy (non-hydrogen) atoms. The molecule has 0 bridgehead atoms. The van der Waals surface area contributed by atoms with Gasteiger partial charge in [0.15, 0.2) is 0 Å². The summed E-state index contributed by atoms with van der Waals surface area (Å²) in [5.74, 6) is -3.57. The second kappa shape index (κ2) is 13.2. The Bertz CT molecular complexity index is 596. The first-order valence-electron chi connectivity index (χ1n) is 10.4. The molecule has 0 rings (SSSR count). The minimum absolute atomic E-state index is 0.0551. The molecule has 0 aromatic heterocycles. The number of nitrogens with two attached hydrogens (primary N) is 1. The highest BCUT2D eigenvalue weighted by atomic mass is 16.4. The summed E-state index contributed by atoms with van der Waals surface area (Å²) < 4.78 is 0. The number of hydrogen-bond donors (Lipinski definition) is 6. The van der Waals surface area contributed by atoms with Gasteiger partial charge in [-0.1, -0.05) is 48.0 Å². The van der Waals surface area contributed by atoms with Gasteiger partial charge in [0.25, 0.3) is 0 Å². The quantitative estimate of drug-likeness (QED) is 0.231. The normalized spacial score (nSPS) is 16.3. The van der Waals surface area contributed by atoms with E-state index in [0.717, 1.165) is 0 Å². The van der Waals surface area contributed by atoms with Crippen LogP contribution in [-0.4, -0.2) is 64.7 Å². The van der Waals surface area contributed by atoms with Crippen LogP contribution in [0.15, 0.2) is 0 Å². The molecular weight excluding hydrogens is 392 g/mol. The molecule has 10 nitrogen and oxygen atoms in total. The van der Waals surface area contributed by atoms with E-state index in [1.54, 1.807) is 27.7 Å². The Hall–Kier alpha value is -2.20. The molecule has 10 heteroatoms. The molecule has 0 aromatic rings. The number of aliphatic carboxylic acids is 1. The van der Waals surface area contributed by atoms with E-state index in [1.165, 1.54) is 0 Å². The maximum Gasteiger partial charge on any atom is 0.326 e. The largest absolute Gasteiger partial charge is 0.480 e. The molecule has 0 radical (unpaired) electrons. The van der Waals surface area contributed by atoms with Gasteiger partial charge in [0.1, 0.15) is 18.1 Å². The third-order valence-corrected chi connectivity index (χ3v) is 4.95. The number of carbonyl (C=O) groups is 4. The predicted molar refractivity (Wildman–Crippen MR) is 112 cm³/mol. The van der Waals surface area contributed by atoms with Crippen LogP contribution in [0.25, 0.3) is 0 Å². The lowest BCUT2D eigenvalue weighted by atomic mass is 9.98. The summed E-state index contributed by atoms with van der Waals surface area (Å²) in [4.78, 5) is 48.9. The van der Waals surface area contributed by atoms with Gasteiger partial charge < -0.3 is 31.9 Å². The Balaban J connectivity index is 5.29. The van der Waals surface area contributed by atoms with E-state index in [-0.39, 0.29) is 17.8 Å². The number of aliphatic hydroxyl groups is 1. The van der Waals surface area contributed by atoms with Crippen molar-refractivity contribution in [1.82, 2.24) is 16.0 Å². The van der Waals surface area contributed by atoms with Crippen LogP contribution in [0.5, 0.6) is 0 Å². The Morgan fingerprint density at radius 2 is 1.37 bits per heavy atom. The topological polar surface area (TPSA) is 171 Å². The average Bonchev–Trinajstić information content (AvgIpc) is 2.67. The minimum Gasteiger partial charge on any atom is -0.480 e. The van der Waals surface area contributed by atoms with E-state index >= 15 is 0 Å². The Labute approximate surface area is 178 Å². The monoisotopic (exact) mass is 430 g/mol. The van der Waals surface area contributed by atoms with Gasteiger partial charge >= 0.3 is 5.97 Å². The van der Waals surface area contributed by atoms with Crippen molar-refractivity contribution < 1.29 is 29.4 Å². The molecule has 0 aliphatic heterocycles. The molecule has 5 atom stereocenters. The number of nitrogens with one attached hydrogen (secondary N) is 3. The zero-order valence-corrected chi connectivity index (χ0v) is 18.8. The first kappa shape index (κ1) is 27.8. The number of hydrogen-bond acceptors (Lipinski definition) is 6. The predicted octanol–water partition coefficient (Wildman–Crippen LogP) is -0.407. The van der Waals surface area contributed by atoms with Crippen molar-refractivity contribution in [2.24, 2.45) is 23.5 Å². The smallest absolute Gasteiger partial charge is 0.326 e. The first-order valence-corrected chi connectivity index (χ1v) is 10.4. The standard InChI is InChI=1S/C20H38N4O6/c1-7-12(6)16(20(29)30)24-18(27)14(9-25)23-17(26)13(8-10(2)3)22-19(28)15(21)11(4)5/h10-16,25H,7-9,21H2,1-6H3,(H,22,28)(H,23,26)(H,24,27)(H,29,30). The number of aliphatic hydroxyl groups excluding tert-OH is 1. The van der Waals surface area contributed by atoms with Crippen molar-refractivity contribution in [3.05, 3.63) is 0 Å². The summed E-state index contributed by atoms with van der Waals surface area (Å²) >= 11 is 0. The van der Waals surface area contributed by atoms with Gasteiger partial charge in [0.2, 0.25) is 17.7 Å². The zero-order chi connectivity index (χ0) is 23.6. The van der Waals surface area contributed by atoms with Crippen molar-refractivity contribution in [3.8, 4) is 0 Å². The second-order valence-corrected chi connectivity index (χ2v) is 8.41. The number of carboxylic acid groups (broad SMARTS) is 1. The Morgan fingerprint density at radius 3 is 1.77 bits per heavy atom. The van der Waals surface area contributed by atoms with Gasteiger partial charge in [0.05, 0.1) is 12.6 Å². The van der Waals surface area contributed by atoms with Crippen molar-refractivity contribution in [1.29, 1.82) is 0 Å².